The summed E-state index contributed by atoms with van der Waals surface area (Å²) in [5.74, 6) is 0.439. The molecule has 1 fully saturated rings. The number of likely N-dealkylation sites (N-methyl/N-ethyl adjacent to an activating group) is 1. The molecule has 0 N–H and O–H groups in total. The van der Waals surface area contributed by atoms with Gasteiger partial charge < -0.3 is 9.64 Å². The summed E-state index contributed by atoms with van der Waals surface area (Å²) in [7, 11) is 2.15. The summed E-state index contributed by atoms with van der Waals surface area (Å²) in [6, 6.07) is 10.4. The normalized spacial score (nSPS) is 16.2. The van der Waals surface area contributed by atoms with E-state index >= 15 is 0 Å². The predicted molar refractivity (Wildman–Crippen MR) is 101 cm³/mol. The van der Waals surface area contributed by atoms with Crippen LogP contribution in [-0.2, 0) is 0 Å². The van der Waals surface area contributed by atoms with Crippen molar-refractivity contribution in [3.05, 3.63) is 52.8 Å². The topological polar surface area (TPSA) is 15.7 Å². The van der Waals surface area contributed by atoms with Gasteiger partial charge in [0.25, 0.3) is 0 Å². The first kappa shape index (κ1) is 18.2. The number of rotatable bonds is 5. The lowest BCUT2D eigenvalue weighted by Crippen LogP contribution is -2.45. The van der Waals surface area contributed by atoms with Gasteiger partial charge >= 0.3 is 0 Å². The van der Waals surface area contributed by atoms with Crippen molar-refractivity contribution in [2.45, 2.75) is 6.92 Å². The maximum atomic E-state index is 13.5. The van der Waals surface area contributed by atoms with Gasteiger partial charge in [0.1, 0.15) is 18.2 Å². The lowest BCUT2D eigenvalue weighted by molar-refractivity contribution is 0.134. The SMILES string of the molecule is Cc1c(-c2cccc(F)c2)ccc(OCCN2CCN(C)CC2)c1Cl. The lowest BCUT2D eigenvalue weighted by atomic mass is 10.0. The molecule has 134 valence electrons. The monoisotopic (exact) mass is 362 g/mol. The second-order valence-corrected chi connectivity index (χ2v) is 6.93. The van der Waals surface area contributed by atoms with E-state index in [1.807, 2.05) is 25.1 Å². The zero-order valence-corrected chi connectivity index (χ0v) is 15.5. The van der Waals surface area contributed by atoms with E-state index in [0.29, 0.717) is 17.4 Å². The van der Waals surface area contributed by atoms with E-state index in [-0.39, 0.29) is 5.82 Å². The van der Waals surface area contributed by atoms with Crippen LogP contribution in [0.4, 0.5) is 4.39 Å². The summed E-state index contributed by atoms with van der Waals surface area (Å²) in [6.07, 6.45) is 0. The molecule has 0 aromatic heterocycles. The molecule has 2 aromatic rings. The molecule has 1 heterocycles. The summed E-state index contributed by atoms with van der Waals surface area (Å²) in [5, 5.41) is 0.597. The number of ether oxygens (including phenoxy) is 1. The Bertz CT molecular complexity index is 730. The van der Waals surface area contributed by atoms with Gasteiger partial charge in [-0.2, -0.15) is 0 Å². The first-order valence-corrected chi connectivity index (χ1v) is 9.01. The van der Waals surface area contributed by atoms with Crippen LogP contribution in [-0.4, -0.2) is 56.2 Å². The maximum Gasteiger partial charge on any atom is 0.138 e. The van der Waals surface area contributed by atoms with Crippen LogP contribution in [0.2, 0.25) is 5.02 Å². The molecule has 0 radical (unpaired) electrons. The van der Waals surface area contributed by atoms with Crippen LogP contribution in [0.25, 0.3) is 11.1 Å². The van der Waals surface area contributed by atoms with Gasteiger partial charge in [0.2, 0.25) is 0 Å². The number of piperazine rings is 1. The van der Waals surface area contributed by atoms with E-state index in [2.05, 4.69) is 16.8 Å². The van der Waals surface area contributed by atoms with Gasteiger partial charge in [-0.15, -0.1) is 0 Å². The molecular weight excluding hydrogens is 339 g/mol. The second kappa shape index (κ2) is 8.17. The molecule has 1 saturated heterocycles. The zero-order chi connectivity index (χ0) is 17.8. The molecular formula is C20H24ClFN2O. The van der Waals surface area contributed by atoms with Gasteiger partial charge in [-0.25, -0.2) is 4.39 Å². The van der Waals surface area contributed by atoms with Gasteiger partial charge in [0.05, 0.1) is 5.02 Å². The smallest absolute Gasteiger partial charge is 0.138 e. The predicted octanol–water partition coefficient (Wildman–Crippen LogP) is 4.08. The van der Waals surface area contributed by atoms with Gasteiger partial charge in [-0.3, -0.25) is 4.90 Å². The highest BCUT2D eigenvalue weighted by atomic mass is 35.5. The van der Waals surface area contributed by atoms with Gasteiger partial charge in [0, 0.05) is 32.7 Å². The van der Waals surface area contributed by atoms with Crippen LogP contribution in [0.3, 0.4) is 0 Å². The Kier molecular flexibility index (Phi) is 5.94. The lowest BCUT2D eigenvalue weighted by Gasteiger charge is -2.32. The molecule has 0 saturated carbocycles. The minimum absolute atomic E-state index is 0.250. The van der Waals surface area contributed by atoms with Crippen LogP contribution < -0.4 is 4.74 Å². The first-order chi connectivity index (χ1) is 12.0. The number of hydrogen-bond donors (Lipinski definition) is 0. The summed E-state index contributed by atoms with van der Waals surface area (Å²) < 4.78 is 19.4. The summed E-state index contributed by atoms with van der Waals surface area (Å²) >= 11 is 6.49. The Balaban J connectivity index is 1.64. The molecule has 0 spiro atoms. The highest BCUT2D eigenvalue weighted by Gasteiger charge is 2.15. The highest BCUT2D eigenvalue weighted by molar-refractivity contribution is 6.33. The quantitative estimate of drug-likeness (QED) is 0.797. The van der Waals surface area contributed by atoms with Crippen LogP contribution in [0.1, 0.15) is 5.56 Å². The summed E-state index contributed by atoms with van der Waals surface area (Å²) in [6.45, 7) is 7.80. The first-order valence-electron chi connectivity index (χ1n) is 8.63. The molecule has 0 bridgehead atoms. The Morgan fingerprint density at radius 2 is 1.88 bits per heavy atom. The Morgan fingerprint density at radius 3 is 2.60 bits per heavy atom. The standard InChI is InChI=1S/C20H24ClFN2O/c1-15-18(16-4-3-5-17(22)14-16)6-7-19(20(15)21)25-13-12-24-10-8-23(2)9-11-24/h3-7,14H,8-13H2,1-2H3. The molecule has 1 aliphatic rings. The summed E-state index contributed by atoms with van der Waals surface area (Å²) in [5.41, 5.74) is 2.66. The van der Waals surface area contributed by atoms with Gasteiger partial charge in [-0.05, 0) is 48.9 Å². The van der Waals surface area contributed by atoms with E-state index in [9.17, 15) is 4.39 Å². The number of hydrogen-bond acceptors (Lipinski definition) is 3. The van der Waals surface area contributed by atoms with Crippen LogP contribution in [0.15, 0.2) is 36.4 Å². The molecule has 0 aliphatic carbocycles. The summed E-state index contributed by atoms with van der Waals surface area (Å²) in [4.78, 5) is 4.74. The third-order valence-electron chi connectivity index (χ3n) is 4.75. The molecule has 3 nitrogen and oxygen atoms in total. The average molecular weight is 363 g/mol. The fourth-order valence-corrected chi connectivity index (χ4v) is 3.32. The van der Waals surface area contributed by atoms with Crippen molar-refractivity contribution in [1.82, 2.24) is 9.80 Å². The number of halogens is 2. The van der Waals surface area contributed by atoms with E-state index < -0.39 is 0 Å². The number of nitrogens with zero attached hydrogens (tertiary/aromatic N) is 2. The van der Waals surface area contributed by atoms with E-state index in [0.717, 1.165) is 49.4 Å². The molecule has 3 rings (SSSR count). The molecule has 5 heteroatoms. The zero-order valence-electron chi connectivity index (χ0n) is 14.8. The Morgan fingerprint density at radius 1 is 1.12 bits per heavy atom. The van der Waals surface area contributed by atoms with Gasteiger partial charge in [-0.1, -0.05) is 29.8 Å². The van der Waals surface area contributed by atoms with Crippen LogP contribution in [0, 0.1) is 12.7 Å². The molecule has 1 aliphatic heterocycles. The second-order valence-electron chi connectivity index (χ2n) is 6.55. The van der Waals surface area contributed by atoms with Crippen molar-refractivity contribution in [1.29, 1.82) is 0 Å². The number of benzene rings is 2. The minimum atomic E-state index is -0.250. The van der Waals surface area contributed by atoms with Crippen molar-refractivity contribution in [2.24, 2.45) is 0 Å². The maximum absolute atomic E-state index is 13.5. The van der Waals surface area contributed by atoms with E-state index in [4.69, 9.17) is 16.3 Å². The third-order valence-corrected chi connectivity index (χ3v) is 5.22. The fourth-order valence-electron chi connectivity index (χ4n) is 3.10. The fraction of sp³-hybridized carbons (Fsp3) is 0.400. The Labute approximate surface area is 154 Å². The van der Waals surface area contributed by atoms with Crippen LogP contribution in [0.5, 0.6) is 5.75 Å². The van der Waals surface area contributed by atoms with Gasteiger partial charge in [0.15, 0.2) is 0 Å². The van der Waals surface area contributed by atoms with Crippen molar-refractivity contribution in [3.8, 4) is 16.9 Å². The highest BCUT2D eigenvalue weighted by Crippen LogP contribution is 2.35. The van der Waals surface area contributed by atoms with Crippen molar-refractivity contribution in [2.75, 3.05) is 46.4 Å². The molecule has 0 amide bonds. The molecule has 2 aromatic carbocycles. The molecule has 0 unspecified atom stereocenters. The van der Waals surface area contributed by atoms with Crippen molar-refractivity contribution in [3.63, 3.8) is 0 Å². The molecule has 0 atom stereocenters. The van der Waals surface area contributed by atoms with Crippen molar-refractivity contribution >= 4 is 11.6 Å². The minimum Gasteiger partial charge on any atom is -0.491 e. The van der Waals surface area contributed by atoms with Crippen molar-refractivity contribution < 1.29 is 9.13 Å². The van der Waals surface area contributed by atoms with E-state index in [1.54, 1.807) is 6.07 Å². The Hall–Kier alpha value is -1.62. The third kappa shape index (κ3) is 4.51. The van der Waals surface area contributed by atoms with E-state index in [1.165, 1.54) is 12.1 Å². The average Bonchev–Trinajstić information content (AvgIpc) is 2.60. The largest absolute Gasteiger partial charge is 0.491 e. The van der Waals surface area contributed by atoms with Crippen LogP contribution >= 0.6 is 11.6 Å². The molecule has 25 heavy (non-hydrogen) atoms.